The fraction of sp³-hybridized carbons (Fsp3) is 0.500. The van der Waals surface area contributed by atoms with E-state index in [0.717, 1.165) is 25.2 Å². The molecule has 1 aliphatic rings. The van der Waals surface area contributed by atoms with E-state index in [2.05, 4.69) is 21.9 Å². The van der Waals surface area contributed by atoms with Crippen molar-refractivity contribution in [1.82, 2.24) is 14.9 Å². The SMILES string of the molecule is CN1CC[C@H](c2nccnc2C(N)=O)C1. The molecule has 1 aromatic heterocycles. The molecule has 0 aliphatic carbocycles. The van der Waals surface area contributed by atoms with Crippen molar-refractivity contribution in [3.05, 3.63) is 23.8 Å². The number of hydrogen-bond donors (Lipinski definition) is 1. The Morgan fingerprint density at radius 3 is 2.87 bits per heavy atom. The second-order valence-electron chi connectivity index (χ2n) is 3.90. The van der Waals surface area contributed by atoms with Gasteiger partial charge in [-0.2, -0.15) is 0 Å². The molecule has 0 saturated carbocycles. The van der Waals surface area contributed by atoms with E-state index in [1.54, 1.807) is 6.20 Å². The molecule has 0 spiro atoms. The lowest BCUT2D eigenvalue weighted by molar-refractivity contribution is 0.0993. The van der Waals surface area contributed by atoms with Crippen molar-refractivity contribution in [3.8, 4) is 0 Å². The molecule has 5 nitrogen and oxygen atoms in total. The van der Waals surface area contributed by atoms with Crippen molar-refractivity contribution in [2.24, 2.45) is 5.73 Å². The Morgan fingerprint density at radius 2 is 2.27 bits per heavy atom. The Bertz CT molecular complexity index is 379. The highest BCUT2D eigenvalue weighted by Crippen LogP contribution is 2.25. The molecule has 5 heteroatoms. The zero-order chi connectivity index (χ0) is 10.8. The van der Waals surface area contributed by atoms with E-state index in [0.29, 0.717) is 5.69 Å². The summed E-state index contributed by atoms with van der Waals surface area (Å²) in [7, 11) is 2.06. The summed E-state index contributed by atoms with van der Waals surface area (Å²) in [4.78, 5) is 21.6. The third-order valence-electron chi connectivity index (χ3n) is 2.74. The average molecular weight is 206 g/mol. The smallest absolute Gasteiger partial charge is 0.269 e. The summed E-state index contributed by atoms with van der Waals surface area (Å²) >= 11 is 0. The van der Waals surface area contributed by atoms with Gasteiger partial charge in [0, 0.05) is 24.9 Å². The Hall–Kier alpha value is -1.49. The minimum Gasteiger partial charge on any atom is -0.364 e. The Kier molecular flexibility index (Phi) is 2.64. The Balaban J connectivity index is 2.31. The molecule has 0 unspecified atom stereocenters. The highest BCUT2D eigenvalue weighted by atomic mass is 16.1. The maximum Gasteiger partial charge on any atom is 0.269 e. The Morgan fingerprint density at radius 1 is 1.53 bits per heavy atom. The third-order valence-corrected chi connectivity index (χ3v) is 2.74. The van der Waals surface area contributed by atoms with Crippen LogP contribution in [-0.2, 0) is 0 Å². The van der Waals surface area contributed by atoms with E-state index in [-0.39, 0.29) is 5.92 Å². The van der Waals surface area contributed by atoms with Crippen LogP contribution in [0.1, 0.15) is 28.5 Å². The van der Waals surface area contributed by atoms with Crippen molar-refractivity contribution in [1.29, 1.82) is 0 Å². The number of amides is 1. The van der Waals surface area contributed by atoms with Gasteiger partial charge in [-0.15, -0.1) is 0 Å². The van der Waals surface area contributed by atoms with Crippen LogP contribution in [0.2, 0.25) is 0 Å². The molecule has 1 saturated heterocycles. The number of nitrogens with two attached hydrogens (primary N) is 1. The van der Waals surface area contributed by atoms with Gasteiger partial charge in [-0.3, -0.25) is 9.78 Å². The normalized spacial score (nSPS) is 21.8. The quantitative estimate of drug-likeness (QED) is 0.739. The minimum absolute atomic E-state index is 0.284. The predicted molar refractivity (Wildman–Crippen MR) is 55.4 cm³/mol. The van der Waals surface area contributed by atoms with Crippen molar-refractivity contribution in [3.63, 3.8) is 0 Å². The summed E-state index contributed by atoms with van der Waals surface area (Å²) in [5.74, 6) is -0.209. The first-order valence-corrected chi connectivity index (χ1v) is 4.97. The van der Waals surface area contributed by atoms with E-state index >= 15 is 0 Å². The molecule has 0 aromatic carbocycles. The molecule has 15 heavy (non-hydrogen) atoms. The number of nitrogens with zero attached hydrogens (tertiary/aromatic N) is 3. The topological polar surface area (TPSA) is 72.1 Å². The van der Waals surface area contributed by atoms with Crippen molar-refractivity contribution >= 4 is 5.91 Å². The lowest BCUT2D eigenvalue weighted by Gasteiger charge is -2.11. The molecule has 2 N–H and O–H groups in total. The standard InChI is InChI=1S/C10H14N4O/c1-14-5-2-7(6-14)8-9(10(11)15)13-4-3-12-8/h3-4,7H,2,5-6H2,1H3,(H2,11,15)/t7-/m0/s1. The minimum atomic E-state index is -0.493. The lowest BCUT2D eigenvalue weighted by Crippen LogP contribution is -2.20. The second-order valence-corrected chi connectivity index (χ2v) is 3.90. The number of aromatic nitrogens is 2. The highest BCUT2D eigenvalue weighted by Gasteiger charge is 2.26. The van der Waals surface area contributed by atoms with Gasteiger partial charge in [0.05, 0.1) is 5.69 Å². The Labute approximate surface area is 88.3 Å². The van der Waals surface area contributed by atoms with Crippen molar-refractivity contribution in [2.75, 3.05) is 20.1 Å². The van der Waals surface area contributed by atoms with Crippen LogP contribution in [-0.4, -0.2) is 40.9 Å². The van der Waals surface area contributed by atoms with Crippen LogP contribution < -0.4 is 5.73 Å². The van der Waals surface area contributed by atoms with Gasteiger partial charge < -0.3 is 10.6 Å². The maximum absolute atomic E-state index is 11.2. The van der Waals surface area contributed by atoms with Crippen molar-refractivity contribution in [2.45, 2.75) is 12.3 Å². The highest BCUT2D eigenvalue weighted by molar-refractivity contribution is 5.91. The first kappa shape index (κ1) is 10.0. The van der Waals surface area contributed by atoms with Gasteiger partial charge in [0.1, 0.15) is 5.69 Å². The summed E-state index contributed by atoms with van der Waals surface area (Å²) in [6.07, 6.45) is 4.12. The summed E-state index contributed by atoms with van der Waals surface area (Å²) < 4.78 is 0. The van der Waals surface area contributed by atoms with Gasteiger partial charge in [-0.25, -0.2) is 4.98 Å². The van der Waals surface area contributed by atoms with Gasteiger partial charge >= 0.3 is 0 Å². The molecule has 1 fully saturated rings. The van der Waals surface area contributed by atoms with Crippen molar-refractivity contribution < 1.29 is 4.79 Å². The molecule has 1 amide bonds. The number of carbonyl (C=O) groups is 1. The number of likely N-dealkylation sites (tertiary alicyclic amines) is 1. The first-order chi connectivity index (χ1) is 7.18. The molecular formula is C10H14N4O. The van der Waals surface area contributed by atoms with Crippen LogP contribution in [0.5, 0.6) is 0 Å². The molecule has 0 radical (unpaired) electrons. The van der Waals surface area contributed by atoms with Gasteiger partial charge in [-0.1, -0.05) is 0 Å². The molecule has 1 aliphatic heterocycles. The van der Waals surface area contributed by atoms with Crippen LogP contribution in [0, 0.1) is 0 Å². The number of rotatable bonds is 2. The molecule has 2 heterocycles. The number of carbonyl (C=O) groups excluding carboxylic acids is 1. The summed E-state index contributed by atoms with van der Waals surface area (Å²) in [5.41, 5.74) is 6.32. The molecule has 1 atom stereocenters. The van der Waals surface area contributed by atoms with Gasteiger partial charge in [0.15, 0.2) is 0 Å². The molecular weight excluding hydrogens is 192 g/mol. The van der Waals surface area contributed by atoms with Crippen LogP contribution in [0.25, 0.3) is 0 Å². The number of likely N-dealkylation sites (N-methyl/N-ethyl adjacent to an activating group) is 1. The summed E-state index contributed by atoms with van der Waals surface area (Å²) in [6.45, 7) is 1.94. The number of primary amides is 1. The second kappa shape index (κ2) is 3.94. The van der Waals surface area contributed by atoms with Gasteiger partial charge in [0.2, 0.25) is 0 Å². The van der Waals surface area contributed by atoms with E-state index in [4.69, 9.17) is 5.73 Å². The monoisotopic (exact) mass is 206 g/mol. The average Bonchev–Trinajstić information content (AvgIpc) is 2.65. The van der Waals surface area contributed by atoms with E-state index in [9.17, 15) is 4.79 Å². The lowest BCUT2D eigenvalue weighted by atomic mass is 10.0. The third kappa shape index (κ3) is 1.97. The maximum atomic E-state index is 11.2. The molecule has 0 bridgehead atoms. The first-order valence-electron chi connectivity index (χ1n) is 4.97. The van der Waals surface area contributed by atoms with Crippen LogP contribution in [0.3, 0.4) is 0 Å². The fourth-order valence-corrected chi connectivity index (χ4v) is 2.00. The largest absolute Gasteiger partial charge is 0.364 e. The zero-order valence-corrected chi connectivity index (χ0v) is 8.68. The number of hydrogen-bond acceptors (Lipinski definition) is 4. The van der Waals surface area contributed by atoms with E-state index in [1.807, 2.05) is 0 Å². The zero-order valence-electron chi connectivity index (χ0n) is 8.68. The van der Waals surface area contributed by atoms with Gasteiger partial charge in [0.25, 0.3) is 5.91 Å². The molecule has 1 aromatic rings. The summed E-state index contributed by atoms with van der Waals surface area (Å²) in [5, 5.41) is 0. The van der Waals surface area contributed by atoms with Crippen LogP contribution >= 0.6 is 0 Å². The van der Waals surface area contributed by atoms with E-state index < -0.39 is 5.91 Å². The van der Waals surface area contributed by atoms with E-state index in [1.165, 1.54) is 6.20 Å². The molecule has 80 valence electrons. The van der Waals surface area contributed by atoms with Gasteiger partial charge in [-0.05, 0) is 20.0 Å². The predicted octanol–water partition coefficient (Wildman–Crippen LogP) is -0.00540. The fourth-order valence-electron chi connectivity index (χ4n) is 2.00. The summed E-state index contributed by atoms with van der Waals surface area (Å²) in [6, 6.07) is 0. The van der Waals surface area contributed by atoms with Crippen LogP contribution in [0.15, 0.2) is 12.4 Å². The molecule has 2 rings (SSSR count). The van der Waals surface area contributed by atoms with Crippen LogP contribution in [0.4, 0.5) is 0 Å².